The van der Waals surface area contributed by atoms with E-state index in [1.165, 1.54) is 17.7 Å². The Morgan fingerprint density at radius 3 is 1.94 bits per heavy atom. The summed E-state index contributed by atoms with van der Waals surface area (Å²) in [5.41, 5.74) is 5.30. The second kappa shape index (κ2) is 29.4. The van der Waals surface area contributed by atoms with Crippen LogP contribution in [0.1, 0.15) is 99.1 Å². The number of ether oxygens (including phenoxy) is 9. The molecule has 0 saturated heterocycles. The third kappa shape index (κ3) is 16.7. The molecule has 1 aliphatic rings. The maximum atomic E-state index is 14.8. The molecule has 89 heavy (non-hydrogen) atoms. The molecule has 2 atom stereocenters. The highest BCUT2D eigenvalue weighted by atomic mass is 35.5. The Morgan fingerprint density at radius 1 is 0.764 bits per heavy atom. The summed E-state index contributed by atoms with van der Waals surface area (Å²) in [6.45, 7) is 32.2. The molecule has 0 radical (unpaired) electrons. The van der Waals surface area contributed by atoms with Gasteiger partial charge in [-0.1, -0.05) is 130 Å². The van der Waals surface area contributed by atoms with Gasteiger partial charge in [-0.2, -0.15) is 0 Å². The quantitative estimate of drug-likeness (QED) is 0.0110. The normalized spacial score (nSPS) is 13.8. The van der Waals surface area contributed by atoms with E-state index >= 15 is 0 Å². The number of thiophene rings is 1. The number of allylic oxidation sites excluding steroid dienone is 2. The van der Waals surface area contributed by atoms with Crippen molar-refractivity contribution in [1.82, 2.24) is 9.97 Å². The molecule has 2 aromatic heterocycles. The summed E-state index contributed by atoms with van der Waals surface area (Å²) in [6.07, 6.45) is 6.21. The zero-order valence-corrected chi connectivity index (χ0v) is 58.8. The van der Waals surface area contributed by atoms with Crippen molar-refractivity contribution in [3.63, 3.8) is 0 Å². The molecule has 18 heteroatoms. The third-order valence-corrected chi connectivity index (χ3v) is 24.3. The number of rotatable bonds is 29. The minimum atomic E-state index is -2.31. The highest BCUT2D eigenvalue weighted by Gasteiger charge is 2.41. The van der Waals surface area contributed by atoms with Crippen LogP contribution in [0.25, 0.3) is 26.9 Å². The molecule has 0 unspecified atom stereocenters. The van der Waals surface area contributed by atoms with E-state index in [9.17, 15) is 4.79 Å². The van der Waals surface area contributed by atoms with E-state index in [1.807, 2.05) is 132 Å². The van der Waals surface area contributed by atoms with Crippen LogP contribution in [-0.2, 0) is 35.8 Å². The highest BCUT2D eigenvalue weighted by Crippen LogP contribution is 2.53. The number of hydrogen-bond donors (Lipinski definition) is 0. The summed E-state index contributed by atoms with van der Waals surface area (Å²) in [6, 6.07) is 32.5. The van der Waals surface area contributed by atoms with Crippen molar-refractivity contribution in [2.45, 2.75) is 148 Å². The monoisotopic (exact) mass is 1300 g/mol. The van der Waals surface area contributed by atoms with Crippen molar-refractivity contribution >= 4 is 72.7 Å². The van der Waals surface area contributed by atoms with Crippen LogP contribution < -0.4 is 28.1 Å². The van der Waals surface area contributed by atoms with Crippen molar-refractivity contribution in [2.75, 3.05) is 47.4 Å². The molecule has 0 fully saturated rings. The van der Waals surface area contributed by atoms with Crippen LogP contribution in [0, 0.1) is 13.8 Å². The SMILES string of the molecule is C=CCOC[C@H](COC(c1ccccc1)(c1ccc(OC)cc1)c1ccc(OC)cc1)Oc1c(Cl)c(C)c(-c2c(C3=CCCC3)sc3ncnc(O[C@H](Cc4cc(O[Si](C)(C)C(C)(C)C)ccc4OCOCC[Si](C)(C)C)C(=O)OC(C)(C)C)c23)c(C)c1Cl. The van der Waals surface area contributed by atoms with Gasteiger partial charge in [0, 0.05) is 37.1 Å². The number of halogens is 2. The summed E-state index contributed by atoms with van der Waals surface area (Å²) in [5, 5.41) is 1.10. The first-order chi connectivity index (χ1) is 42.2. The van der Waals surface area contributed by atoms with Crippen molar-refractivity contribution in [2.24, 2.45) is 0 Å². The average molecular weight is 1300 g/mol. The number of carbonyl (C=O) groups is 1. The van der Waals surface area contributed by atoms with Gasteiger partial charge in [-0.3, -0.25) is 0 Å². The first-order valence-corrected chi connectivity index (χ1v) is 38.6. The number of aromatic nitrogens is 2. The smallest absolute Gasteiger partial charge is 0.348 e. The van der Waals surface area contributed by atoms with E-state index in [4.69, 9.17) is 80.2 Å². The molecule has 7 aromatic rings. The predicted molar refractivity (Wildman–Crippen MR) is 366 cm³/mol. The van der Waals surface area contributed by atoms with Gasteiger partial charge in [0.1, 0.15) is 51.5 Å². The molecule has 0 spiro atoms. The van der Waals surface area contributed by atoms with Crippen LogP contribution in [0.5, 0.6) is 34.6 Å². The molecule has 1 aliphatic carbocycles. The van der Waals surface area contributed by atoms with Gasteiger partial charge in [0.05, 0.1) is 49.5 Å². The van der Waals surface area contributed by atoms with Gasteiger partial charge in [0.2, 0.25) is 20.3 Å². The van der Waals surface area contributed by atoms with Crippen LogP contribution in [0.4, 0.5) is 0 Å². The number of fused-ring (bicyclic) bond motifs is 1. The van der Waals surface area contributed by atoms with E-state index in [-0.39, 0.29) is 59.7 Å². The Morgan fingerprint density at radius 2 is 1.38 bits per heavy atom. The molecular weight excluding hydrogens is 1220 g/mol. The maximum Gasteiger partial charge on any atom is 0.348 e. The number of hydrogen-bond acceptors (Lipinski definition) is 14. The van der Waals surface area contributed by atoms with Crippen LogP contribution in [0.3, 0.4) is 0 Å². The van der Waals surface area contributed by atoms with E-state index in [0.29, 0.717) is 56.5 Å². The number of carbonyl (C=O) groups excluding carboxylic acids is 1. The lowest BCUT2D eigenvalue weighted by Gasteiger charge is -2.37. The summed E-state index contributed by atoms with van der Waals surface area (Å²) in [5.74, 6) is 2.46. The predicted octanol–water partition coefficient (Wildman–Crippen LogP) is 18.2. The lowest BCUT2D eigenvalue weighted by atomic mass is 9.80. The van der Waals surface area contributed by atoms with Crippen LogP contribution >= 0.6 is 34.5 Å². The Balaban J connectivity index is 1.23. The van der Waals surface area contributed by atoms with Gasteiger partial charge in [0.25, 0.3) is 0 Å². The topological polar surface area (TPSA) is 135 Å². The maximum absolute atomic E-state index is 14.8. The van der Waals surface area contributed by atoms with Gasteiger partial charge in [-0.25, -0.2) is 14.8 Å². The summed E-state index contributed by atoms with van der Waals surface area (Å²) < 4.78 is 64.4. The van der Waals surface area contributed by atoms with E-state index in [2.05, 4.69) is 66.2 Å². The van der Waals surface area contributed by atoms with Gasteiger partial charge >= 0.3 is 5.97 Å². The summed E-state index contributed by atoms with van der Waals surface area (Å²) >= 11 is 16.9. The van der Waals surface area contributed by atoms with Gasteiger partial charge in [-0.15, -0.1) is 17.9 Å². The minimum absolute atomic E-state index is 0.00892. The average Bonchev–Trinajstić information content (AvgIpc) is 1.72. The number of benzene rings is 5. The zero-order valence-electron chi connectivity index (χ0n) is 54.5. The molecule has 13 nitrogen and oxygen atoms in total. The van der Waals surface area contributed by atoms with E-state index in [0.717, 1.165) is 63.6 Å². The van der Waals surface area contributed by atoms with Crippen molar-refractivity contribution in [3.8, 4) is 45.8 Å². The lowest BCUT2D eigenvalue weighted by Crippen LogP contribution is -2.43. The fraction of sp³-hybridized carbons (Fsp3) is 0.423. The van der Waals surface area contributed by atoms with Gasteiger partial charge in [-0.05, 0) is 159 Å². The lowest BCUT2D eigenvalue weighted by molar-refractivity contribution is -0.163. The third-order valence-electron chi connectivity index (χ3n) is 16.2. The molecule has 2 heterocycles. The molecule has 0 aliphatic heterocycles. The second-order valence-electron chi connectivity index (χ2n) is 26.2. The molecular formula is C71H88Cl2N2O11SSi2. The first-order valence-electron chi connectivity index (χ1n) is 30.4. The second-order valence-corrected chi connectivity index (χ2v) is 38.3. The van der Waals surface area contributed by atoms with Crippen molar-refractivity contribution < 1.29 is 51.9 Å². The van der Waals surface area contributed by atoms with Crippen LogP contribution in [0.15, 0.2) is 122 Å². The molecule has 476 valence electrons. The van der Waals surface area contributed by atoms with E-state index < -0.39 is 45.8 Å². The van der Waals surface area contributed by atoms with E-state index in [1.54, 1.807) is 20.3 Å². The minimum Gasteiger partial charge on any atom is -0.543 e. The van der Waals surface area contributed by atoms with Crippen LogP contribution in [-0.4, -0.2) is 97.6 Å². The molecule has 0 amide bonds. The molecule has 0 saturated carbocycles. The Labute approximate surface area is 543 Å². The fourth-order valence-corrected chi connectivity index (χ4v) is 13.9. The first kappa shape index (κ1) is 68.7. The molecule has 5 aromatic carbocycles. The molecule has 0 N–H and O–H groups in total. The Hall–Kier alpha value is -6.22. The van der Waals surface area contributed by atoms with Crippen LogP contribution in [0.2, 0.25) is 53.9 Å². The van der Waals surface area contributed by atoms with Gasteiger partial charge in [0.15, 0.2) is 12.5 Å². The summed E-state index contributed by atoms with van der Waals surface area (Å²) in [7, 11) is -0.390. The van der Waals surface area contributed by atoms with Crippen molar-refractivity contribution in [3.05, 3.63) is 170 Å². The molecule has 8 rings (SSSR count). The molecule has 0 bridgehead atoms. The number of methoxy groups -OCH3 is 2. The fourth-order valence-electron chi connectivity index (χ4n) is 10.4. The zero-order chi connectivity index (χ0) is 64.5. The Kier molecular flexibility index (Phi) is 22.7. The number of nitrogens with zero attached hydrogens (tertiary/aromatic N) is 2. The largest absolute Gasteiger partial charge is 0.543 e. The number of esters is 1. The standard InChI is InChI=1S/C71H88Cl2N2O11SSi2/c1-17-37-79-42-56(43-82-71(50-25-19-18-20-26-50,51-27-31-53(77-10)32-28-51)52-29-33-54(78-11)34-30-52)83-64-62(72)46(2)59(47(3)63(64)73)60-61-66(74-44-75-67(61)87-65(60)48-23-21-22-24-48)84-58(68(76)85-69(4,5)6)41-49-40-55(86-89(15,16)70(7,8)9)35-36-57(49)81-45-80-38-39-88(12,13)14/h17-20,23,25-36,40,44,56,58H,1,21-22,24,37-39,41-43,45H2,2-16H3/t56-,58-/m1/s1. The van der Waals surface area contributed by atoms with Crippen molar-refractivity contribution in [1.29, 1.82) is 0 Å². The summed E-state index contributed by atoms with van der Waals surface area (Å²) in [4.78, 5) is 26.2. The van der Waals surface area contributed by atoms with Gasteiger partial charge < -0.3 is 47.1 Å². The highest BCUT2D eigenvalue weighted by molar-refractivity contribution is 7.20. The Bertz CT molecular complexity index is 3520.